The maximum atomic E-state index is 12.6. The molecule has 0 aliphatic carbocycles. The first-order chi connectivity index (χ1) is 15.2. The Kier molecular flexibility index (Phi) is 6.66. The van der Waals surface area contributed by atoms with Crippen molar-refractivity contribution >= 4 is 11.8 Å². The van der Waals surface area contributed by atoms with E-state index >= 15 is 0 Å². The Morgan fingerprint density at radius 3 is 2.55 bits per heavy atom. The van der Waals surface area contributed by atoms with Crippen LogP contribution in [0.4, 0.5) is 0 Å². The molecule has 0 radical (unpaired) electrons. The molecule has 0 spiro atoms. The summed E-state index contributed by atoms with van der Waals surface area (Å²) in [5.41, 5.74) is 2.85. The van der Waals surface area contributed by atoms with E-state index in [-0.39, 0.29) is 17.7 Å². The van der Waals surface area contributed by atoms with Crippen LogP contribution in [0.5, 0.6) is 0 Å². The van der Waals surface area contributed by atoms with Crippen molar-refractivity contribution in [2.75, 3.05) is 19.6 Å². The fraction of sp³-hybridized carbons (Fsp3) is 0.348. The van der Waals surface area contributed by atoms with Crippen molar-refractivity contribution in [3.8, 4) is 11.1 Å². The van der Waals surface area contributed by atoms with Gasteiger partial charge in [0.1, 0.15) is 6.33 Å². The second kappa shape index (κ2) is 9.97. The van der Waals surface area contributed by atoms with Crippen molar-refractivity contribution in [3.05, 3.63) is 66.5 Å². The number of amides is 2. The molecule has 0 bridgehead atoms. The van der Waals surface area contributed by atoms with E-state index in [0.29, 0.717) is 31.6 Å². The molecule has 1 aliphatic rings. The van der Waals surface area contributed by atoms with Crippen LogP contribution < -0.4 is 5.32 Å². The van der Waals surface area contributed by atoms with Gasteiger partial charge in [0.25, 0.3) is 5.91 Å². The average Bonchev–Trinajstić information content (AvgIpc) is 3.35. The van der Waals surface area contributed by atoms with Crippen LogP contribution in [-0.4, -0.2) is 56.6 Å². The molecule has 1 fully saturated rings. The number of tetrazole rings is 1. The zero-order valence-electron chi connectivity index (χ0n) is 17.4. The van der Waals surface area contributed by atoms with Gasteiger partial charge in [-0.1, -0.05) is 42.5 Å². The number of carbonyl (C=O) groups excluding carboxylic acids is 2. The SMILES string of the molecule is O=C(NC[C@@H]1CCCN(C(=O)CCn2cnnn2)C1)c1ccc(-c2ccccc2)cc1. The molecule has 1 N–H and O–H groups in total. The summed E-state index contributed by atoms with van der Waals surface area (Å²) in [5, 5.41) is 14.0. The zero-order chi connectivity index (χ0) is 21.5. The Labute approximate surface area is 181 Å². The van der Waals surface area contributed by atoms with E-state index < -0.39 is 0 Å². The molecule has 31 heavy (non-hydrogen) atoms. The van der Waals surface area contributed by atoms with E-state index in [1.807, 2.05) is 59.5 Å². The smallest absolute Gasteiger partial charge is 0.251 e. The van der Waals surface area contributed by atoms with Crippen LogP contribution in [0.3, 0.4) is 0 Å². The van der Waals surface area contributed by atoms with E-state index in [0.717, 1.165) is 30.5 Å². The Morgan fingerprint density at radius 2 is 1.81 bits per heavy atom. The number of nitrogens with zero attached hydrogens (tertiary/aromatic N) is 5. The Bertz CT molecular complexity index is 989. The largest absolute Gasteiger partial charge is 0.352 e. The van der Waals surface area contributed by atoms with Crippen LogP contribution >= 0.6 is 0 Å². The Morgan fingerprint density at radius 1 is 1.03 bits per heavy atom. The lowest BCUT2D eigenvalue weighted by molar-refractivity contribution is -0.133. The summed E-state index contributed by atoms with van der Waals surface area (Å²) in [4.78, 5) is 27.0. The fourth-order valence-electron chi connectivity index (χ4n) is 3.89. The molecular formula is C23H26N6O2. The molecule has 1 aliphatic heterocycles. The van der Waals surface area contributed by atoms with Crippen LogP contribution in [0.1, 0.15) is 29.6 Å². The van der Waals surface area contributed by atoms with E-state index in [9.17, 15) is 9.59 Å². The quantitative estimate of drug-likeness (QED) is 0.636. The highest BCUT2D eigenvalue weighted by atomic mass is 16.2. The molecule has 1 aromatic heterocycles. The summed E-state index contributed by atoms with van der Waals surface area (Å²) in [6.45, 7) is 2.47. The molecule has 2 aromatic carbocycles. The summed E-state index contributed by atoms with van der Waals surface area (Å²) in [6.07, 6.45) is 3.83. The number of hydrogen-bond donors (Lipinski definition) is 1. The molecular weight excluding hydrogens is 392 g/mol. The van der Waals surface area contributed by atoms with Crippen molar-refractivity contribution in [1.82, 2.24) is 30.4 Å². The van der Waals surface area contributed by atoms with Gasteiger partial charge in [0.2, 0.25) is 5.91 Å². The van der Waals surface area contributed by atoms with Crippen molar-refractivity contribution in [2.24, 2.45) is 5.92 Å². The minimum atomic E-state index is -0.0817. The summed E-state index contributed by atoms with van der Waals surface area (Å²) >= 11 is 0. The van der Waals surface area contributed by atoms with Crippen molar-refractivity contribution in [1.29, 1.82) is 0 Å². The number of benzene rings is 2. The fourth-order valence-corrected chi connectivity index (χ4v) is 3.89. The number of piperidine rings is 1. The number of carbonyl (C=O) groups is 2. The molecule has 1 atom stereocenters. The lowest BCUT2D eigenvalue weighted by Gasteiger charge is -2.33. The topological polar surface area (TPSA) is 93.0 Å². The minimum absolute atomic E-state index is 0.0817. The van der Waals surface area contributed by atoms with Gasteiger partial charge in [0.05, 0.1) is 6.54 Å². The lowest BCUT2D eigenvalue weighted by atomic mass is 9.97. The minimum Gasteiger partial charge on any atom is -0.352 e. The molecule has 3 aromatic rings. The molecule has 8 nitrogen and oxygen atoms in total. The number of rotatable bonds is 7. The third-order valence-corrected chi connectivity index (χ3v) is 5.62. The van der Waals surface area contributed by atoms with Crippen LogP contribution in [-0.2, 0) is 11.3 Å². The van der Waals surface area contributed by atoms with Crippen LogP contribution in [0, 0.1) is 5.92 Å². The second-order valence-electron chi connectivity index (χ2n) is 7.82. The first kappa shape index (κ1) is 20.7. The standard InChI is InChI=1S/C23H26N6O2/c30-22(12-14-29-17-25-26-27-29)28-13-4-5-18(16-28)15-24-23(31)21-10-8-20(9-11-21)19-6-2-1-3-7-19/h1-3,6-11,17-18H,4-5,12-16H2,(H,24,31)/t18-/m0/s1. The Balaban J connectivity index is 1.25. The summed E-state index contributed by atoms with van der Waals surface area (Å²) in [6, 6.07) is 17.7. The second-order valence-corrected chi connectivity index (χ2v) is 7.82. The molecule has 0 saturated carbocycles. The van der Waals surface area contributed by atoms with Gasteiger partial charge in [0.15, 0.2) is 0 Å². The van der Waals surface area contributed by atoms with Gasteiger partial charge >= 0.3 is 0 Å². The van der Waals surface area contributed by atoms with Gasteiger partial charge in [-0.15, -0.1) is 5.10 Å². The van der Waals surface area contributed by atoms with E-state index in [1.54, 1.807) is 4.68 Å². The molecule has 1 saturated heterocycles. The summed E-state index contributed by atoms with van der Waals surface area (Å²) in [7, 11) is 0. The molecule has 2 heterocycles. The third kappa shape index (κ3) is 5.53. The number of aryl methyl sites for hydroxylation is 1. The number of hydrogen-bond acceptors (Lipinski definition) is 5. The van der Waals surface area contributed by atoms with Crippen molar-refractivity contribution in [3.63, 3.8) is 0 Å². The normalized spacial score (nSPS) is 16.1. The van der Waals surface area contributed by atoms with Gasteiger partial charge in [-0.05, 0) is 52.4 Å². The maximum Gasteiger partial charge on any atom is 0.251 e. The van der Waals surface area contributed by atoms with E-state index in [1.165, 1.54) is 6.33 Å². The van der Waals surface area contributed by atoms with Crippen LogP contribution in [0.25, 0.3) is 11.1 Å². The van der Waals surface area contributed by atoms with Gasteiger partial charge in [-0.25, -0.2) is 4.68 Å². The third-order valence-electron chi connectivity index (χ3n) is 5.62. The first-order valence-corrected chi connectivity index (χ1v) is 10.6. The van der Waals surface area contributed by atoms with E-state index in [4.69, 9.17) is 0 Å². The van der Waals surface area contributed by atoms with Crippen molar-refractivity contribution < 1.29 is 9.59 Å². The number of likely N-dealkylation sites (tertiary alicyclic amines) is 1. The molecule has 160 valence electrons. The molecule has 4 rings (SSSR count). The number of aromatic nitrogens is 4. The predicted octanol–water partition coefficient (Wildman–Crippen LogP) is 2.40. The van der Waals surface area contributed by atoms with Gasteiger partial charge in [0, 0.05) is 31.6 Å². The summed E-state index contributed by atoms with van der Waals surface area (Å²) in [5.74, 6) is 0.281. The molecule has 2 amide bonds. The number of nitrogens with one attached hydrogen (secondary N) is 1. The average molecular weight is 419 g/mol. The van der Waals surface area contributed by atoms with E-state index in [2.05, 4.69) is 20.8 Å². The Hall–Kier alpha value is -3.55. The maximum absolute atomic E-state index is 12.6. The van der Waals surface area contributed by atoms with Gasteiger partial charge in [-0.3, -0.25) is 9.59 Å². The highest BCUT2D eigenvalue weighted by Gasteiger charge is 2.24. The highest BCUT2D eigenvalue weighted by Crippen LogP contribution is 2.20. The predicted molar refractivity (Wildman–Crippen MR) is 116 cm³/mol. The molecule has 8 heteroatoms. The first-order valence-electron chi connectivity index (χ1n) is 10.6. The zero-order valence-corrected chi connectivity index (χ0v) is 17.4. The monoisotopic (exact) mass is 418 g/mol. The van der Waals surface area contributed by atoms with Crippen LogP contribution in [0.2, 0.25) is 0 Å². The van der Waals surface area contributed by atoms with Crippen LogP contribution in [0.15, 0.2) is 60.9 Å². The molecule has 0 unspecified atom stereocenters. The highest BCUT2D eigenvalue weighted by molar-refractivity contribution is 5.94. The van der Waals surface area contributed by atoms with Crippen molar-refractivity contribution in [2.45, 2.75) is 25.8 Å². The van der Waals surface area contributed by atoms with Gasteiger partial charge in [-0.2, -0.15) is 0 Å². The summed E-state index contributed by atoms with van der Waals surface area (Å²) < 4.78 is 1.56. The van der Waals surface area contributed by atoms with Gasteiger partial charge < -0.3 is 10.2 Å². The lowest BCUT2D eigenvalue weighted by Crippen LogP contribution is -2.43.